The number of H-pyrrole nitrogens is 2. The van der Waals surface area contributed by atoms with E-state index in [1.54, 1.807) is 13.3 Å². The molecule has 0 aliphatic rings. The van der Waals surface area contributed by atoms with Crippen molar-refractivity contribution >= 4 is 23.3 Å². The van der Waals surface area contributed by atoms with Gasteiger partial charge in [-0.15, -0.1) is 0 Å². The van der Waals surface area contributed by atoms with Crippen molar-refractivity contribution in [3.8, 4) is 5.75 Å². The molecule has 0 unspecified atom stereocenters. The third-order valence-electron chi connectivity index (χ3n) is 2.79. The van der Waals surface area contributed by atoms with Gasteiger partial charge >= 0.3 is 0 Å². The minimum atomic E-state index is -0.278. The number of rotatable bonds is 4. The Bertz CT molecular complexity index is 834. The Kier molecular flexibility index (Phi) is 3.34. The molecule has 0 aliphatic heterocycles. The number of nitrogens with one attached hydrogen (secondary N) is 3. The van der Waals surface area contributed by atoms with E-state index in [0.717, 1.165) is 11.3 Å². The van der Waals surface area contributed by atoms with E-state index in [-0.39, 0.29) is 5.56 Å². The predicted octanol–water partition coefficient (Wildman–Crippen LogP) is 1.10. The minimum Gasteiger partial charge on any atom is -0.497 e. The fraction of sp³-hybridized carbons (Fsp3) is 0.0769. The number of methoxy groups -OCH3 is 1. The maximum Gasteiger partial charge on any atom is 0.276 e. The lowest BCUT2D eigenvalue weighted by atomic mass is 10.2. The molecule has 0 radical (unpaired) electrons. The van der Waals surface area contributed by atoms with Crippen LogP contribution in [-0.4, -0.2) is 33.3 Å². The third kappa shape index (κ3) is 2.73. The van der Waals surface area contributed by atoms with Crippen LogP contribution in [0.4, 0.5) is 5.95 Å². The van der Waals surface area contributed by atoms with Crippen LogP contribution in [0.25, 0.3) is 11.2 Å². The molecule has 0 saturated carbocycles. The van der Waals surface area contributed by atoms with Gasteiger partial charge in [0.15, 0.2) is 11.2 Å². The number of imidazole rings is 1. The smallest absolute Gasteiger partial charge is 0.276 e. The second-order valence-corrected chi connectivity index (χ2v) is 4.16. The molecule has 2 aromatic heterocycles. The second-order valence-electron chi connectivity index (χ2n) is 4.16. The zero-order valence-electron chi connectivity index (χ0n) is 11.1. The number of aromatic nitrogens is 4. The van der Waals surface area contributed by atoms with Crippen LogP contribution in [0, 0.1) is 0 Å². The first-order valence-corrected chi connectivity index (χ1v) is 6.13. The number of hydrazone groups is 1. The molecule has 3 rings (SSSR count). The van der Waals surface area contributed by atoms with E-state index in [9.17, 15) is 4.79 Å². The first kappa shape index (κ1) is 12.9. The van der Waals surface area contributed by atoms with Gasteiger partial charge in [-0.3, -0.25) is 4.79 Å². The fourth-order valence-electron chi connectivity index (χ4n) is 1.75. The molecule has 0 amide bonds. The van der Waals surface area contributed by atoms with Crippen LogP contribution in [-0.2, 0) is 0 Å². The van der Waals surface area contributed by atoms with Gasteiger partial charge in [0.1, 0.15) is 5.75 Å². The molecule has 0 spiro atoms. The Morgan fingerprint density at radius 3 is 2.86 bits per heavy atom. The van der Waals surface area contributed by atoms with Crippen LogP contribution >= 0.6 is 0 Å². The van der Waals surface area contributed by atoms with Crippen LogP contribution in [0.3, 0.4) is 0 Å². The number of nitrogens with zero attached hydrogens (tertiary/aromatic N) is 3. The Morgan fingerprint density at radius 2 is 2.14 bits per heavy atom. The van der Waals surface area contributed by atoms with Gasteiger partial charge in [-0.2, -0.15) is 10.1 Å². The van der Waals surface area contributed by atoms with E-state index in [4.69, 9.17) is 4.74 Å². The third-order valence-corrected chi connectivity index (χ3v) is 2.79. The van der Waals surface area contributed by atoms with Crippen molar-refractivity contribution in [1.82, 2.24) is 19.9 Å². The highest BCUT2D eigenvalue weighted by molar-refractivity contribution is 5.80. The molecule has 3 N–H and O–H groups in total. The summed E-state index contributed by atoms with van der Waals surface area (Å²) in [5.74, 6) is 1.13. The Labute approximate surface area is 118 Å². The minimum absolute atomic E-state index is 0.278. The van der Waals surface area contributed by atoms with Crippen molar-refractivity contribution in [2.75, 3.05) is 12.5 Å². The molecule has 0 bridgehead atoms. The summed E-state index contributed by atoms with van der Waals surface area (Å²) in [6.45, 7) is 0. The quantitative estimate of drug-likeness (QED) is 0.491. The fourth-order valence-corrected chi connectivity index (χ4v) is 1.75. The summed E-state index contributed by atoms with van der Waals surface area (Å²) in [5.41, 5.74) is 3.98. The summed E-state index contributed by atoms with van der Waals surface area (Å²) < 4.78 is 5.07. The maximum atomic E-state index is 11.5. The Morgan fingerprint density at radius 1 is 1.33 bits per heavy atom. The van der Waals surface area contributed by atoms with E-state index in [0.29, 0.717) is 17.1 Å². The zero-order valence-corrected chi connectivity index (χ0v) is 11.1. The SMILES string of the molecule is COc1ccc(C=NNc2nc3nc[nH]c(=O)c3[nH]2)cc1. The standard InChI is InChI=1S/C13H12N6O2/c1-21-9-4-2-8(3-5-9)6-16-19-13-17-10-11(18-13)14-7-15-12(10)20/h2-7H,1H3,(H3,14,15,17,18,19,20). The average Bonchev–Trinajstić information content (AvgIpc) is 2.92. The van der Waals surface area contributed by atoms with Gasteiger partial charge in [0.25, 0.3) is 5.56 Å². The highest BCUT2D eigenvalue weighted by Crippen LogP contribution is 2.10. The molecule has 8 heteroatoms. The van der Waals surface area contributed by atoms with Gasteiger partial charge in [0, 0.05) is 0 Å². The number of benzene rings is 1. The van der Waals surface area contributed by atoms with Crippen LogP contribution in [0.2, 0.25) is 0 Å². The van der Waals surface area contributed by atoms with E-state index >= 15 is 0 Å². The van der Waals surface area contributed by atoms with Crippen LogP contribution in [0.15, 0.2) is 40.5 Å². The van der Waals surface area contributed by atoms with Gasteiger partial charge in [-0.25, -0.2) is 10.4 Å². The lowest BCUT2D eigenvalue weighted by Crippen LogP contribution is -2.05. The monoisotopic (exact) mass is 284 g/mol. The normalized spacial score (nSPS) is 11.1. The molecular formula is C13H12N6O2. The van der Waals surface area contributed by atoms with Gasteiger partial charge in [-0.1, -0.05) is 0 Å². The summed E-state index contributed by atoms with van der Waals surface area (Å²) >= 11 is 0. The topological polar surface area (TPSA) is 108 Å². The van der Waals surface area contributed by atoms with Crippen molar-refractivity contribution in [1.29, 1.82) is 0 Å². The molecule has 1 aromatic carbocycles. The molecule has 0 atom stereocenters. The number of anilines is 1. The summed E-state index contributed by atoms with van der Waals surface area (Å²) in [7, 11) is 1.61. The highest BCUT2D eigenvalue weighted by atomic mass is 16.5. The highest BCUT2D eigenvalue weighted by Gasteiger charge is 2.05. The largest absolute Gasteiger partial charge is 0.497 e. The Balaban J connectivity index is 1.74. The molecule has 0 saturated heterocycles. The predicted molar refractivity (Wildman–Crippen MR) is 78.7 cm³/mol. The lowest BCUT2D eigenvalue weighted by Gasteiger charge is -1.98. The van der Waals surface area contributed by atoms with Gasteiger partial charge in [-0.05, 0) is 29.8 Å². The van der Waals surface area contributed by atoms with Gasteiger partial charge in [0.05, 0.1) is 19.7 Å². The van der Waals surface area contributed by atoms with Crippen LogP contribution in [0.5, 0.6) is 5.75 Å². The number of fused-ring (bicyclic) bond motifs is 1. The number of hydrogen-bond donors (Lipinski definition) is 3. The molecule has 3 aromatic rings. The van der Waals surface area contributed by atoms with Crippen LogP contribution < -0.4 is 15.7 Å². The maximum absolute atomic E-state index is 11.5. The van der Waals surface area contributed by atoms with E-state index in [1.165, 1.54) is 6.33 Å². The number of ether oxygens (including phenoxy) is 1. The van der Waals surface area contributed by atoms with E-state index < -0.39 is 0 Å². The number of hydrogen-bond acceptors (Lipinski definition) is 6. The molecule has 0 fully saturated rings. The zero-order chi connectivity index (χ0) is 14.7. The molecular weight excluding hydrogens is 272 g/mol. The second kappa shape index (κ2) is 5.45. The molecule has 2 heterocycles. The average molecular weight is 284 g/mol. The summed E-state index contributed by atoms with van der Waals surface area (Å²) in [6, 6.07) is 7.42. The lowest BCUT2D eigenvalue weighted by molar-refractivity contribution is 0.415. The van der Waals surface area contributed by atoms with Crippen molar-refractivity contribution < 1.29 is 4.74 Å². The van der Waals surface area contributed by atoms with Gasteiger partial charge in [0.2, 0.25) is 5.95 Å². The first-order chi connectivity index (χ1) is 10.3. The molecule has 106 valence electrons. The molecule has 8 nitrogen and oxygen atoms in total. The summed E-state index contributed by atoms with van der Waals surface area (Å²) in [5, 5.41) is 4.04. The summed E-state index contributed by atoms with van der Waals surface area (Å²) in [6.07, 6.45) is 2.93. The Hall–Kier alpha value is -3.16. The first-order valence-electron chi connectivity index (χ1n) is 6.13. The van der Waals surface area contributed by atoms with Crippen molar-refractivity contribution in [3.05, 3.63) is 46.5 Å². The van der Waals surface area contributed by atoms with Crippen molar-refractivity contribution in [3.63, 3.8) is 0 Å². The van der Waals surface area contributed by atoms with Crippen molar-refractivity contribution in [2.45, 2.75) is 0 Å². The number of aromatic amines is 2. The van der Waals surface area contributed by atoms with E-state index in [2.05, 4.69) is 30.5 Å². The summed E-state index contributed by atoms with van der Waals surface area (Å²) in [4.78, 5) is 24.8. The van der Waals surface area contributed by atoms with E-state index in [1.807, 2.05) is 24.3 Å². The van der Waals surface area contributed by atoms with Crippen molar-refractivity contribution in [2.24, 2.45) is 5.10 Å². The molecule has 0 aliphatic carbocycles. The van der Waals surface area contributed by atoms with Crippen LogP contribution in [0.1, 0.15) is 5.56 Å². The molecule has 21 heavy (non-hydrogen) atoms. The van der Waals surface area contributed by atoms with Gasteiger partial charge < -0.3 is 14.7 Å².